The first-order valence-electron chi connectivity index (χ1n) is 11.7. The highest BCUT2D eigenvalue weighted by Crippen LogP contribution is 2.26. The molecule has 33 heavy (non-hydrogen) atoms. The standard InChI is InChI=1S/C27H31F3N2O/c1-2-3-4-5-6-8-21-19-31-26(32-20-21)24-11-9-22(10-12-24)23-13-15-25(16-14-23)33-18-7-17-27(28,29)30/h9-16,19-20H,2-8,17-18H2,1H3. The third-order valence-corrected chi connectivity index (χ3v) is 5.48. The van der Waals surface area contributed by atoms with E-state index < -0.39 is 12.6 Å². The van der Waals surface area contributed by atoms with E-state index in [1.165, 1.54) is 37.7 Å². The van der Waals surface area contributed by atoms with Gasteiger partial charge in [0.1, 0.15) is 5.75 Å². The molecule has 0 fully saturated rings. The van der Waals surface area contributed by atoms with E-state index in [9.17, 15) is 13.2 Å². The van der Waals surface area contributed by atoms with Crippen LogP contribution in [-0.2, 0) is 6.42 Å². The van der Waals surface area contributed by atoms with Crippen molar-refractivity contribution in [3.05, 3.63) is 66.5 Å². The molecule has 0 N–H and O–H groups in total. The molecule has 1 aromatic heterocycles. The van der Waals surface area contributed by atoms with Gasteiger partial charge in [-0.05, 0) is 48.1 Å². The minimum Gasteiger partial charge on any atom is -0.494 e. The summed E-state index contributed by atoms with van der Waals surface area (Å²) in [5, 5.41) is 0. The number of aryl methyl sites for hydroxylation is 1. The van der Waals surface area contributed by atoms with E-state index in [1.807, 2.05) is 48.8 Å². The molecule has 0 unspecified atom stereocenters. The van der Waals surface area contributed by atoms with Crippen LogP contribution in [0.25, 0.3) is 22.5 Å². The van der Waals surface area contributed by atoms with Crippen LogP contribution >= 0.6 is 0 Å². The van der Waals surface area contributed by atoms with Crippen LogP contribution in [0.3, 0.4) is 0 Å². The highest BCUT2D eigenvalue weighted by Gasteiger charge is 2.26. The molecule has 176 valence electrons. The molecule has 0 aliphatic carbocycles. The van der Waals surface area contributed by atoms with E-state index in [1.54, 1.807) is 12.1 Å². The van der Waals surface area contributed by atoms with Crippen molar-refractivity contribution in [1.82, 2.24) is 9.97 Å². The largest absolute Gasteiger partial charge is 0.494 e. The number of alkyl halides is 3. The second-order valence-electron chi connectivity index (χ2n) is 8.25. The van der Waals surface area contributed by atoms with Gasteiger partial charge in [-0.3, -0.25) is 0 Å². The zero-order valence-electron chi connectivity index (χ0n) is 19.1. The minimum atomic E-state index is -4.14. The Hall–Kier alpha value is -2.89. The lowest BCUT2D eigenvalue weighted by molar-refractivity contribution is -0.136. The molecule has 0 radical (unpaired) electrons. The molecule has 0 spiro atoms. The Morgan fingerprint density at radius 1 is 0.727 bits per heavy atom. The molecule has 0 saturated carbocycles. The van der Waals surface area contributed by atoms with Crippen molar-refractivity contribution in [3.63, 3.8) is 0 Å². The summed E-state index contributed by atoms with van der Waals surface area (Å²) >= 11 is 0. The summed E-state index contributed by atoms with van der Waals surface area (Å²) in [4.78, 5) is 9.06. The van der Waals surface area contributed by atoms with E-state index >= 15 is 0 Å². The zero-order chi connectivity index (χ0) is 23.5. The second-order valence-corrected chi connectivity index (χ2v) is 8.25. The third-order valence-electron chi connectivity index (χ3n) is 5.48. The lowest BCUT2D eigenvalue weighted by Crippen LogP contribution is -2.09. The lowest BCUT2D eigenvalue weighted by Gasteiger charge is -2.09. The number of nitrogens with zero attached hydrogens (tertiary/aromatic N) is 2. The van der Waals surface area contributed by atoms with Gasteiger partial charge in [0.15, 0.2) is 5.82 Å². The fraction of sp³-hybridized carbons (Fsp3) is 0.407. The highest BCUT2D eigenvalue weighted by molar-refractivity contribution is 5.68. The quantitative estimate of drug-likeness (QED) is 0.259. The number of unbranched alkanes of at least 4 members (excludes halogenated alkanes) is 4. The maximum Gasteiger partial charge on any atom is 0.389 e. The Morgan fingerprint density at radius 2 is 1.30 bits per heavy atom. The maximum atomic E-state index is 12.2. The van der Waals surface area contributed by atoms with Crippen LogP contribution < -0.4 is 4.74 Å². The van der Waals surface area contributed by atoms with Gasteiger partial charge in [-0.1, -0.05) is 69.0 Å². The molecule has 0 aliphatic heterocycles. The van der Waals surface area contributed by atoms with E-state index in [-0.39, 0.29) is 13.0 Å². The van der Waals surface area contributed by atoms with Crippen LogP contribution in [-0.4, -0.2) is 22.8 Å². The molecule has 6 heteroatoms. The fourth-order valence-corrected chi connectivity index (χ4v) is 3.58. The minimum absolute atomic E-state index is 0.0468. The van der Waals surface area contributed by atoms with Crippen molar-refractivity contribution in [2.75, 3.05) is 6.61 Å². The molecule has 3 rings (SSSR count). The Balaban J connectivity index is 1.51. The van der Waals surface area contributed by atoms with E-state index in [2.05, 4.69) is 16.9 Å². The summed E-state index contributed by atoms with van der Waals surface area (Å²) in [5.41, 5.74) is 4.17. The highest BCUT2D eigenvalue weighted by atomic mass is 19.4. The Morgan fingerprint density at radius 3 is 1.91 bits per heavy atom. The van der Waals surface area contributed by atoms with Crippen LogP contribution in [0.4, 0.5) is 13.2 Å². The van der Waals surface area contributed by atoms with Crippen LogP contribution in [0.15, 0.2) is 60.9 Å². The number of hydrogen-bond acceptors (Lipinski definition) is 3. The molecule has 3 aromatic rings. The van der Waals surface area contributed by atoms with Gasteiger partial charge < -0.3 is 4.74 Å². The van der Waals surface area contributed by atoms with E-state index in [4.69, 9.17) is 4.74 Å². The summed E-state index contributed by atoms with van der Waals surface area (Å²) in [6, 6.07) is 15.4. The van der Waals surface area contributed by atoms with Crippen LogP contribution in [0.1, 0.15) is 57.4 Å². The van der Waals surface area contributed by atoms with Crippen molar-refractivity contribution in [1.29, 1.82) is 0 Å². The lowest BCUT2D eigenvalue weighted by atomic mass is 10.0. The topological polar surface area (TPSA) is 35.0 Å². The molecule has 0 atom stereocenters. The zero-order valence-corrected chi connectivity index (χ0v) is 19.1. The summed E-state index contributed by atoms with van der Waals surface area (Å²) in [6.07, 6.45) is 6.12. The number of ether oxygens (including phenoxy) is 1. The van der Waals surface area contributed by atoms with E-state index in [0.29, 0.717) is 11.6 Å². The Bertz CT molecular complexity index is 953. The smallest absolute Gasteiger partial charge is 0.389 e. The summed E-state index contributed by atoms with van der Waals surface area (Å²) in [6.45, 7) is 2.27. The first-order valence-corrected chi connectivity index (χ1v) is 11.7. The summed E-state index contributed by atoms with van der Waals surface area (Å²) < 4.78 is 42.0. The average Bonchev–Trinajstić information content (AvgIpc) is 2.82. The van der Waals surface area contributed by atoms with Crippen LogP contribution in [0, 0.1) is 0 Å². The molecule has 2 aromatic carbocycles. The molecule has 0 bridgehead atoms. The Labute approximate surface area is 194 Å². The van der Waals surface area contributed by atoms with Gasteiger partial charge in [0.05, 0.1) is 6.61 Å². The van der Waals surface area contributed by atoms with Crippen molar-refractivity contribution < 1.29 is 17.9 Å². The van der Waals surface area contributed by atoms with Crippen molar-refractivity contribution in [2.24, 2.45) is 0 Å². The van der Waals surface area contributed by atoms with Crippen LogP contribution in [0.5, 0.6) is 5.75 Å². The van der Waals surface area contributed by atoms with Crippen molar-refractivity contribution >= 4 is 0 Å². The normalized spacial score (nSPS) is 11.5. The maximum absolute atomic E-state index is 12.2. The van der Waals surface area contributed by atoms with Crippen LogP contribution in [0.2, 0.25) is 0 Å². The van der Waals surface area contributed by atoms with Gasteiger partial charge in [0.25, 0.3) is 0 Å². The molecule has 3 nitrogen and oxygen atoms in total. The molecule has 0 saturated heterocycles. The molecule has 1 heterocycles. The number of hydrogen-bond donors (Lipinski definition) is 0. The first-order chi connectivity index (χ1) is 15.9. The fourth-order valence-electron chi connectivity index (χ4n) is 3.58. The third kappa shape index (κ3) is 8.52. The number of halogens is 3. The number of benzene rings is 2. The van der Waals surface area contributed by atoms with Gasteiger partial charge in [-0.15, -0.1) is 0 Å². The van der Waals surface area contributed by atoms with E-state index in [0.717, 1.165) is 23.1 Å². The van der Waals surface area contributed by atoms with Gasteiger partial charge in [0.2, 0.25) is 0 Å². The molecule has 0 aliphatic rings. The predicted octanol–water partition coefficient (Wildman–Crippen LogP) is 8.04. The van der Waals surface area contributed by atoms with Gasteiger partial charge in [0, 0.05) is 24.4 Å². The Kier molecular flexibility index (Phi) is 9.28. The van der Waals surface area contributed by atoms with Crippen molar-refractivity contribution in [3.8, 4) is 28.3 Å². The predicted molar refractivity (Wildman–Crippen MR) is 126 cm³/mol. The summed E-state index contributed by atoms with van der Waals surface area (Å²) in [5.74, 6) is 1.27. The van der Waals surface area contributed by atoms with Gasteiger partial charge in [-0.2, -0.15) is 13.2 Å². The molecular formula is C27H31F3N2O. The number of rotatable bonds is 12. The summed E-state index contributed by atoms with van der Waals surface area (Å²) in [7, 11) is 0. The first kappa shape index (κ1) is 24.7. The average molecular weight is 457 g/mol. The molecule has 0 amide bonds. The second kappa shape index (κ2) is 12.4. The van der Waals surface area contributed by atoms with Crippen molar-refractivity contribution in [2.45, 2.75) is 64.5 Å². The molecular weight excluding hydrogens is 425 g/mol. The van der Waals surface area contributed by atoms with Gasteiger partial charge in [-0.25, -0.2) is 9.97 Å². The SMILES string of the molecule is CCCCCCCc1cnc(-c2ccc(-c3ccc(OCCCC(F)(F)F)cc3)cc2)nc1. The number of aromatic nitrogens is 2. The monoisotopic (exact) mass is 456 g/mol. The van der Waals surface area contributed by atoms with Gasteiger partial charge >= 0.3 is 6.18 Å².